The molecule has 2 rings (SSSR count). The fraction of sp³-hybridized carbons (Fsp3) is 0.0769. The fourth-order valence-electron chi connectivity index (χ4n) is 1.75. The Morgan fingerprint density at radius 3 is 2.67 bits per heavy atom. The number of hydrogen-bond acceptors (Lipinski definition) is 2. The van der Waals surface area contributed by atoms with E-state index in [1.165, 1.54) is 0 Å². The van der Waals surface area contributed by atoms with Gasteiger partial charge in [-0.25, -0.2) is 0 Å². The number of methoxy groups -OCH3 is 1. The first-order valence-electron chi connectivity index (χ1n) is 5.32. The van der Waals surface area contributed by atoms with Crippen molar-refractivity contribution in [2.24, 2.45) is 16.5 Å². The van der Waals surface area contributed by atoms with Gasteiger partial charge in [0.05, 0.1) is 7.11 Å². The number of ether oxygens (including phenoxy) is 1. The van der Waals surface area contributed by atoms with Gasteiger partial charge in [0.2, 0.25) is 0 Å². The number of carbonyl (C=O) groups is 1. The molecule has 0 unspecified atom stereocenters. The SMILES string of the molecule is COc1cccc2cc(C(=O)N=C(N)N)ccc12. The Hall–Kier alpha value is -2.56. The van der Waals surface area contributed by atoms with Gasteiger partial charge in [0.1, 0.15) is 5.75 Å². The maximum Gasteiger partial charge on any atom is 0.280 e. The summed E-state index contributed by atoms with van der Waals surface area (Å²) in [6.07, 6.45) is 0. The Bertz CT molecular complexity index is 631. The van der Waals surface area contributed by atoms with E-state index >= 15 is 0 Å². The summed E-state index contributed by atoms with van der Waals surface area (Å²) in [6, 6.07) is 10.8. The third kappa shape index (κ3) is 2.24. The molecule has 18 heavy (non-hydrogen) atoms. The van der Waals surface area contributed by atoms with E-state index in [4.69, 9.17) is 16.2 Å². The summed E-state index contributed by atoms with van der Waals surface area (Å²) in [6.45, 7) is 0. The lowest BCUT2D eigenvalue weighted by molar-refractivity contribution is 0.100. The van der Waals surface area contributed by atoms with Crippen LogP contribution in [0.4, 0.5) is 0 Å². The topological polar surface area (TPSA) is 90.7 Å². The second-order valence-corrected chi connectivity index (χ2v) is 3.74. The summed E-state index contributed by atoms with van der Waals surface area (Å²) < 4.78 is 5.24. The van der Waals surface area contributed by atoms with Gasteiger partial charge in [-0.15, -0.1) is 0 Å². The Kier molecular flexibility index (Phi) is 3.14. The molecule has 1 amide bonds. The van der Waals surface area contributed by atoms with Gasteiger partial charge in [0.25, 0.3) is 5.91 Å². The zero-order valence-electron chi connectivity index (χ0n) is 9.88. The van der Waals surface area contributed by atoms with Crippen LogP contribution in [0, 0.1) is 0 Å². The molecule has 0 fully saturated rings. The zero-order valence-corrected chi connectivity index (χ0v) is 9.88. The summed E-state index contributed by atoms with van der Waals surface area (Å²) in [5, 5.41) is 1.83. The first-order chi connectivity index (χ1) is 8.61. The summed E-state index contributed by atoms with van der Waals surface area (Å²) >= 11 is 0. The zero-order chi connectivity index (χ0) is 13.1. The molecule has 0 atom stereocenters. The first kappa shape index (κ1) is 11.9. The molecule has 0 heterocycles. The van der Waals surface area contributed by atoms with Crippen molar-refractivity contribution in [2.45, 2.75) is 0 Å². The normalized spacial score (nSPS) is 10.1. The lowest BCUT2D eigenvalue weighted by Crippen LogP contribution is -2.24. The van der Waals surface area contributed by atoms with Crippen LogP contribution in [0.5, 0.6) is 5.75 Å². The van der Waals surface area contributed by atoms with E-state index in [-0.39, 0.29) is 5.96 Å². The smallest absolute Gasteiger partial charge is 0.280 e. The number of fused-ring (bicyclic) bond motifs is 1. The number of guanidine groups is 1. The van der Waals surface area contributed by atoms with Crippen molar-refractivity contribution in [1.29, 1.82) is 0 Å². The van der Waals surface area contributed by atoms with Gasteiger partial charge in [-0.2, -0.15) is 4.99 Å². The predicted octanol–water partition coefficient (Wildman–Crippen LogP) is 1.26. The molecule has 0 saturated heterocycles. The Morgan fingerprint density at radius 1 is 1.22 bits per heavy atom. The van der Waals surface area contributed by atoms with E-state index in [0.717, 1.165) is 16.5 Å². The van der Waals surface area contributed by atoms with E-state index in [1.807, 2.05) is 24.3 Å². The average Bonchev–Trinajstić information content (AvgIpc) is 2.36. The number of nitrogens with two attached hydrogens (primary N) is 2. The molecule has 0 aliphatic carbocycles. The maximum absolute atomic E-state index is 11.7. The molecule has 0 aliphatic rings. The predicted molar refractivity (Wildman–Crippen MR) is 70.6 cm³/mol. The summed E-state index contributed by atoms with van der Waals surface area (Å²) in [5.74, 6) is 0.0544. The van der Waals surface area contributed by atoms with Gasteiger partial charge in [0, 0.05) is 10.9 Å². The van der Waals surface area contributed by atoms with Crippen LogP contribution in [0.3, 0.4) is 0 Å². The van der Waals surface area contributed by atoms with Crippen molar-refractivity contribution in [3.63, 3.8) is 0 Å². The van der Waals surface area contributed by atoms with Crippen LogP contribution in [-0.4, -0.2) is 19.0 Å². The Morgan fingerprint density at radius 2 is 2.00 bits per heavy atom. The molecule has 0 aromatic heterocycles. The largest absolute Gasteiger partial charge is 0.496 e. The van der Waals surface area contributed by atoms with Gasteiger partial charge in [-0.3, -0.25) is 4.79 Å². The van der Waals surface area contributed by atoms with E-state index in [2.05, 4.69) is 4.99 Å². The van der Waals surface area contributed by atoms with Crippen molar-refractivity contribution >= 4 is 22.6 Å². The number of rotatable bonds is 2. The van der Waals surface area contributed by atoms with Crippen LogP contribution in [0.25, 0.3) is 10.8 Å². The summed E-state index contributed by atoms with van der Waals surface area (Å²) in [5.41, 5.74) is 10.8. The highest BCUT2D eigenvalue weighted by Crippen LogP contribution is 2.26. The van der Waals surface area contributed by atoms with Gasteiger partial charge in [-0.1, -0.05) is 12.1 Å². The first-order valence-corrected chi connectivity index (χ1v) is 5.32. The molecular formula is C13H13N3O2. The standard InChI is InChI=1S/C13H13N3O2/c1-18-11-4-2-3-8-7-9(5-6-10(8)11)12(17)16-13(14)15/h2-7H,1H3,(H4,14,15,16,17). The lowest BCUT2D eigenvalue weighted by Gasteiger charge is -2.05. The molecule has 4 N–H and O–H groups in total. The van der Waals surface area contributed by atoms with Gasteiger partial charge in [-0.05, 0) is 29.7 Å². The molecule has 5 nitrogen and oxygen atoms in total. The van der Waals surface area contributed by atoms with E-state index in [9.17, 15) is 4.79 Å². The third-order valence-corrected chi connectivity index (χ3v) is 2.54. The fourth-order valence-corrected chi connectivity index (χ4v) is 1.75. The van der Waals surface area contributed by atoms with E-state index in [1.54, 1.807) is 19.2 Å². The number of aliphatic imine (C=N–C) groups is 1. The number of nitrogens with zero attached hydrogens (tertiary/aromatic N) is 1. The Balaban J connectivity index is 2.52. The molecule has 2 aromatic carbocycles. The molecule has 0 spiro atoms. The van der Waals surface area contributed by atoms with E-state index < -0.39 is 5.91 Å². The van der Waals surface area contributed by atoms with Crippen LogP contribution in [0.2, 0.25) is 0 Å². The van der Waals surface area contributed by atoms with Crippen LogP contribution in [-0.2, 0) is 0 Å². The molecular weight excluding hydrogens is 230 g/mol. The highest BCUT2D eigenvalue weighted by molar-refractivity contribution is 6.04. The van der Waals surface area contributed by atoms with Crippen molar-refractivity contribution in [3.8, 4) is 5.75 Å². The molecule has 0 bridgehead atoms. The number of carbonyl (C=O) groups excluding carboxylic acids is 1. The number of benzene rings is 2. The lowest BCUT2D eigenvalue weighted by atomic mass is 10.1. The molecule has 0 aliphatic heterocycles. The minimum Gasteiger partial charge on any atom is -0.496 e. The molecule has 2 aromatic rings. The number of amides is 1. The van der Waals surface area contributed by atoms with Crippen LogP contribution < -0.4 is 16.2 Å². The van der Waals surface area contributed by atoms with Crippen molar-refractivity contribution in [2.75, 3.05) is 7.11 Å². The van der Waals surface area contributed by atoms with Crippen LogP contribution in [0.1, 0.15) is 10.4 Å². The van der Waals surface area contributed by atoms with Gasteiger partial charge < -0.3 is 16.2 Å². The molecule has 0 radical (unpaired) electrons. The quantitative estimate of drug-likeness (QED) is 0.613. The molecule has 92 valence electrons. The molecule has 0 saturated carbocycles. The van der Waals surface area contributed by atoms with E-state index in [0.29, 0.717) is 5.56 Å². The second-order valence-electron chi connectivity index (χ2n) is 3.74. The highest BCUT2D eigenvalue weighted by Gasteiger charge is 2.07. The summed E-state index contributed by atoms with van der Waals surface area (Å²) in [4.78, 5) is 15.2. The molecule has 5 heteroatoms. The average molecular weight is 243 g/mol. The monoisotopic (exact) mass is 243 g/mol. The number of hydrogen-bond donors (Lipinski definition) is 2. The van der Waals surface area contributed by atoms with Crippen LogP contribution >= 0.6 is 0 Å². The second kappa shape index (κ2) is 4.75. The van der Waals surface area contributed by atoms with Crippen molar-refractivity contribution < 1.29 is 9.53 Å². The third-order valence-electron chi connectivity index (χ3n) is 2.54. The minimum atomic E-state index is -0.459. The maximum atomic E-state index is 11.7. The van der Waals surface area contributed by atoms with Gasteiger partial charge in [0.15, 0.2) is 5.96 Å². The Labute approximate surface area is 104 Å². The summed E-state index contributed by atoms with van der Waals surface area (Å²) in [7, 11) is 1.60. The van der Waals surface area contributed by atoms with Crippen LogP contribution in [0.15, 0.2) is 41.4 Å². The van der Waals surface area contributed by atoms with Crippen molar-refractivity contribution in [1.82, 2.24) is 0 Å². The highest BCUT2D eigenvalue weighted by atomic mass is 16.5. The van der Waals surface area contributed by atoms with Gasteiger partial charge >= 0.3 is 0 Å². The minimum absolute atomic E-state index is 0.245. The van der Waals surface area contributed by atoms with Crippen molar-refractivity contribution in [3.05, 3.63) is 42.0 Å².